The van der Waals surface area contributed by atoms with Gasteiger partial charge in [0.15, 0.2) is 0 Å². The van der Waals surface area contributed by atoms with Gasteiger partial charge in [-0.15, -0.1) is 11.3 Å². The van der Waals surface area contributed by atoms with E-state index in [1.165, 1.54) is 4.88 Å². The second kappa shape index (κ2) is 8.34. The Labute approximate surface area is 102 Å². The van der Waals surface area contributed by atoms with E-state index in [0.717, 1.165) is 38.6 Å². The van der Waals surface area contributed by atoms with Crippen molar-refractivity contribution in [1.29, 1.82) is 0 Å². The van der Waals surface area contributed by atoms with E-state index in [1.54, 1.807) is 11.3 Å². The van der Waals surface area contributed by atoms with E-state index in [2.05, 4.69) is 29.8 Å². The van der Waals surface area contributed by atoms with E-state index in [1.807, 2.05) is 0 Å². The van der Waals surface area contributed by atoms with E-state index in [4.69, 9.17) is 0 Å². The average molecular weight is 239 g/mol. The highest BCUT2D eigenvalue weighted by molar-refractivity contribution is 7.09. The second-order valence-corrected chi connectivity index (χ2v) is 5.02. The van der Waals surface area contributed by atoms with Crippen LogP contribution in [0.5, 0.6) is 0 Å². The SMILES string of the molecule is CCCCNC(=O)CCCCc1cccs1. The van der Waals surface area contributed by atoms with Crippen molar-refractivity contribution in [2.45, 2.75) is 45.4 Å². The first-order valence-electron chi connectivity index (χ1n) is 6.12. The molecule has 0 aliphatic carbocycles. The normalized spacial score (nSPS) is 10.3. The van der Waals surface area contributed by atoms with Crippen LogP contribution < -0.4 is 5.32 Å². The Hall–Kier alpha value is -0.830. The molecule has 0 aliphatic rings. The minimum atomic E-state index is 0.208. The van der Waals surface area contributed by atoms with Crippen molar-refractivity contribution in [1.82, 2.24) is 5.32 Å². The highest BCUT2D eigenvalue weighted by Gasteiger charge is 2.00. The smallest absolute Gasteiger partial charge is 0.219 e. The lowest BCUT2D eigenvalue weighted by Gasteiger charge is -2.03. The quantitative estimate of drug-likeness (QED) is 0.692. The maximum Gasteiger partial charge on any atom is 0.219 e. The van der Waals surface area contributed by atoms with Gasteiger partial charge in [0, 0.05) is 17.8 Å². The van der Waals surface area contributed by atoms with Gasteiger partial charge in [-0.25, -0.2) is 0 Å². The standard InChI is InChI=1S/C13H21NOS/c1-2-3-10-14-13(15)9-5-4-7-12-8-6-11-16-12/h6,8,11H,2-5,7,9-10H2,1H3,(H,14,15). The van der Waals surface area contributed by atoms with Gasteiger partial charge >= 0.3 is 0 Å². The summed E-state index contributed by atoms with van der Waals surface area (Å²) >= 11 is 1.80. The highest BCUT2D eigenvalue weighted by atomic mass is 32.1. The third-order valence-electron chi connectivity index (χ3n) is 2.51. The molecule has 0 radical (unpaired) electrons. The van der Waals surface area contributed by atoms with Crippen molar-refractivity contribution in [3.63, 3.8) is 0 Å². The van der Waals surface area contributed by atoms with Crippen LogP contribution in [-0.2, 0) is 11.2 Å². The summed E-state index contributed by atoms with van der Waals surface area (Å²) in [5.41, 5.74) is 0. The zero-order valence-electron chi connectivity index (χ0n) is 10.00. The molecule has 0 fully saturated rings. The molecule has 0 spiro atoms. The largest absolute Gasteiger partial charge is 0.356 e. The van der Waals surface area contributed by atoms with Crippen molar-refractivity contribution in [3.8, 4) is 0 Å². The van der Waals surface area contributed by atoms with Crippen LogP contribution in [0.3, 0.4) is 0 Å². The molecule has 1 aromatic heterocycles. The van der Waals surface area contributed by atoms with Crippen LogP contribution in [0, 0.1) is 0 Å². The number of aryl methyl sites for hydroxylation is 1. The predicted molar refractivity (Wildman–Crippen MR) is 69.8 cm³/mol. The predicted octanol–water partition coefficient (Wildman–Crippen LogP) is 3.38. The fourth-order valence-electron chi connectivity index (χ4n) is 1.53. The van der Waals surface area contributed by atoms with Gasteiger partial charge in [0.25, 0.3) is 0 Å². The lowest BCUT2D eigenvalue weighted by atomic mass is 10.1. The van der Waals surface area contributed by atoms with Crippen molar-refractivity contribution < 1.29 is 4.79 Å². The van der Waals surface area contributed by atoms with Gasteiger partial charge in [-0.2, -0.15) is 0 Å². The van der Waals surface area contributed by atoms with Gasteiger partial charge in [-0.3, -0.25) is 4.79 Å². The molecule has 1 rings (SSSR count). The molecule has 16 heavy (non-hydrogen) atoms. The second-order valence-electron chi connectivity index (χ2n) is 3.99. The number of unbranched alkanes of at least 4 members (excludes halogenated alkanes) is 2. The number of hydrogen-bond acceptors (Lipinski definition) is 2. The molecule has 0 unspecified atom stereocenters. The number of thiophene rings is 1. The molecule has 3 heteroatoms. The summed E-state index contributed by atoms with van der Waals surface area (Å²) in [7, 11) is 0. The Balaban J connectivity index is 1.96. The Morgan fingerprint density at radius 1 is 1.38 bits per heavy atom. The van der Waals surface area contributed by atoms with Crippen LogP contribution in [0.4, 0.5) is 0 Å². The molecule has 0 aliphatic heterocycles. The van der Waals surface area contributed by atoms with E-state index in [9.17, 15) is 4.79 Å². The number of nitrogens with one attached hydrogen (secondary N) is 1. The van der Waals surface area contributed by atoms with Crippen molar-refractivity contribution in [3.05, 3.63) is 22.4 Å². The first-order chi connectivity index (χ1) is 7.83. The Bertz CT molecular complexity index is 282. The van der Waals surface area contributed by atoms with E-state index in [-0.39, 0.29) is 5.91 Å². The lowest BCUT2D eigenvalue weighted by Crippen LogP contribution is -2.23. The molecule has 0 saturated carbocycles. The van der Waals surface area contributed by atoms with Gasteiger partial charge < -0.3 is 5.32 Å². The third kappa shape index (κ3) is 5.91. The van der Waals surface area contributed by atoms with Crippen LogP contribution in [-0.4, -0.2) is 12.5 Å². The Morgan fingerprint density at radius 3 is 2.94 bits per heavy atom. The molecule has 2 nitrogen and oxygen atoms in total. The summed E-state index contributed by atoms with van der Waals surface area (Å²) in [4.78, 5) is 12.8. The summed E-state index contributed by atoms with van der Waals surface area (Å²) in [6.45, 7) is 2.97. The number of carbonyl (C=O) groups excluding carboxylic acids is 1. The topological polar surface area (TPSA) is 29.1 Å². The summed E-state index contributed by atoms with van der Waals surface area (Å²) in [5.74, 6) is 0.208. The fraction of sp³-hybridized carbons (Fsp3) is 0.615. The van der Waals surface area contributed by atoms with Gasteiger partial charge in [0.1, 0.15) is 0 Å². The molecular weight excluding hydrogens is 218 g/mol. The van der Waals surface area contributed by atoms with Crippen LogP contribution in [0.2, 0.25) is 0 Å². The van der Waals surface area contributed by atoms with Crippen LogP contribution in [0.25, 0.3) is 0 Å². The molecule has 1 N–H and O–H groups in total. The monoisotopic (exact) mass is 239 g/mol. The van der Waals surface area contributed by atoms with Crippen molar-refractivity contribution in [2.24, 2.45) is 0 Å². The Kier molecular flexibility index (Phi) is 6.90. The summed E-state index contributed by atoms with van der Waals surface area (Å²) in [6.07, 6.45) is 6.12. The maximum absolute atomic E-state index is 11.4. The Morgan fingerprint density at radius 2 is 2.25 bits per heavy atom. The minimum absolute atomic E-state index is 0.208. The first kappa shape index (κ1) is 13.2. The highest BCUT2D eigenvalue weighted by Crippen LogP contribution is 2.12. The summed E-state index contributed by atoms with van der Waals surface area (Å²) in [6, 6.07) is 4.24. The van der Waals surface area contributed by atoms with Gasteiger partial charge in [-0.05, 0) is 37.1 Å². The number of carbonyl (C=O) groups is 1. The number of amides is 1. The minimum Gasteiger partial charge on any atom is -0.356 e. The molecule has 0 atom stereocenters. The van der Waals surface area contributed by atoms with Crippen LogP contribution >= 0.6 is 11.3 Å². The molecule has 0 bridgehead atoms. The van der Waals surface area contributed by atoms with E-state index < -0.39 is 0 Å². The maximum atomic E-state index is 11.4. The van der Waals surface area contributed by atoms with E-state index >= 15 is 0 Å². The molecule has 0 saturated heterocycles. The zero-order chi connectivity index (χ0) is 11.6. The molecule has 1 aromatic rings. The summed E-state index contributed by atoms with van der Waals surface area (Å²) in [5, 5.41) is 5.04. The fourth-order valence-corrected chi connectivity index (χ4v) is 2.28. The van der Waals surface area contributed by atoms with Crippen LogP contribution in [0.15, 0.2) is 17.5 Å². The molecule has 0 aromatic carbocycles. The molecule has 1 amide bonds. The number of rotatable bonds is 8. The molecule has 90 valence electrons. The third-order valence-corrected chi connectivity index (χ3v) is 3.45. The molecular formula is C13H21NOS. The molecule has 1 heterocycles. The van der Waals surface area contributed by atoms with E-state index in [0.29, 0.717) is 6.42 Å². The average Bonchev–Trinajstić information content (AvgIpc) is 2.78. The van der Waals surface area contributed by atoms with Gasteiger partial charge in [0.05, 0.1) is 0 Å². The summed E-state index contributed by atoms with van der Waals surface area (Å²) < 4.78 is 0. The van der Waals surface area contributed by atoms with Gasteiger partial charge in [0.2, 0.25) is 5.91 Å². The first-order valence-corrected chi connectivity index (χ1v) is 7.00. The zero-order valence-corrected chi connectivity index (χ0v) is 10.8. The van der Waals surface area contributed by atoms with Crippen molar-refractivity contribution >= 4 is 17.2 Å². The van der Waals surface area contributed by atoms with Gasteiger partial charge in [-0.1, -0.05) is 19.4 Å². The van der Waals surface area contributed by atoms with Crippen molar-refractivity contribution in [2.75, 3.05) is 6.54 Å². The lowest BCUT2D eigenvalue weighted by molar-refractivity contribution is -0.121. The van der Waals surface area contributed by atoms with Crippen LogP contribution in [0.1, 0.15) is 43.9 Å². The number of hydrogen-bond donors (Lipinski definition) is 1.